The lowest BCUT2D eigenvalue weighted by Gasteiger charge is -2.51. The van der Waals surface area contributed by atoms with E-state index in [0.29, 0.717) is 0 Å². The third-order valence-corrected chi connectivity index (χ3v) is 5.67. The highest BCUT2D eigenvalue weighted by molar-refractivity contribution is 5.99. The van der Waals surface area contributed by atoms with Gasteiger partial charge in [0.15, 0.2) is 0 Å². The van der Waals surface area contributed by atoms with Gasteiger partial charge in [0.25, 0.3) is 0 Å². The first-order valence-electron chi connectivity index (χ1n) is 9.03. The molecule has 3 aromatic carbocycles. The van der Waals surface area contributed by atoms with Crippen LogP contribution in [0.4, 0.5) is 0 Å². The lowest BCUT2D eigenvalue weighted by molar-refractivity contribution is -0.00234. The normalized spacial score (nSPS) is 23.2. The van der Waals surface area contributed by atoms with Crippen LogP contribution in [-0.2, 0) is 10.3 Å². The van der Waals surface area contributed by atoms with E-state index in [9.17, 15) is 0 Å². The molecule has 2 atom stereocenters. The molecule has 0 amide bonds. The van der Waals surface area contributed by atoms with E-state index in [1.165, 1.54) is 33.4 Å². The van der Waals surface area contributed by atoms with Gasteiger partial charge in [-0.15, -0.1) is 0 Å². The molecule has 2 aliphatic rings. The summed E-state index contributed by atoms with van der Waals surface area (Å²) >= 11 is 0. The average molecular weight is 336 g/mol. The highest BCUT2D eigenvalue weighted by Crippen LogP contribution is 2.60. The fourth-order valence-electron chi connectivity index (χ4n) is 4.44. The maximum Gasteiger partial charge on any atom is 0.123 e. The summed E-state index contributed by atoms with van der Waals surface area (Å²) in [5.74, 6) is 0.201. The Hall–Kier alpha value is -2.90. The highest BCUT2D eigenvalue weighted by atomic mass is 16.5. The molecule has 0 saturated carbocycles. The molecule has 0 N–H and O–H groups in total. The second-order valence-electron chi connectivity index (χ2n) is 6.95. The van der Waals surface area contributed by atoms with Crippen molar-refractivity contribution >= 4 is 17.2 Å². The summed E-state index contributed by atoms with van der Waals surface area (Å²) in [4.78, 5) is 0. The molecule has 0 radical (unpaired) electrons. The van der Waals surface area contributed by atoms with Gasteiger partial charge in [-0.3, -0.25) is 0 Å². The maximum absolute atomic E-state index is 6.19. The van der Waals surface area contributed by atoms with Crippen LogP contribution in [-0.4, -0.2) is 7.11 Å². The summed E-state index contributed by atoms with van der Waals surface area (Å²) in [5.41, 5.74) is 7.31. The van der Waals surface area contributed by atoms with E-state index in [1.54, 1.807) is 0 Å². The zero-order valence-corrected chi connectivity index (χ0v) is 14.7. The second-order valence-corrected chi connectivity index (χ2v) is 6.95. The SMILES string of the molecule is COC12C=C(c3ccccc3)C1C(c1ccccc1)=Cc1ccccc12. The Labute approximate surface area is 154 Å². The monoisotopic (exact) mass is 336 g/mol. The summed E-state index contributed by atoms with van der Waals surface area (Å²) < 4.78 is 6.19. The summed E-state index contributed by atoms with van der Waals surface area (Å²) in [6.07, 6.45) is 4.64. The zero-order valence-electron chi connectivity index (χ0n) is 14.7. The van der Waals surface area contributed by atoms with Gasteiger partial charge >= 0.3 is 0 Å². The Bertz CT molecular complexity index is 1010. The molecule has 0 saturated heterocycles. The van der Waals surface area contributed by atoms with Crippen LogP contribution in [0.15, 0.2) is 91.0 Å². The van der Waals surface area contributed by atoms with Crippen molar-refractivity contribution in [3.63, 3.8) is 0 Å². The van der Waals surface area contributed by atoms with Gasteiger partial charge in [0, 0.05) is 13.0 Å². The predicted molar refractivity (Wildman–Crippen MR) is 107 cm³/mol. The smallest absolute Gasteiger partial charge is 0.123 e. The van der Waals surface area contributed by atoms with E-state index < -0.39 is 0 Å². The van der Waals surface area contributed by atoms with Crippen LogP contribution >= 0.6 is 0 Å². The number of fused-ring (bicyclic) bond motifs is 3. The molecule has 1 heteroatoms. The summed E-state index contributed by atoms with van der Waals surface area (Å²) in [6, 6.07) is 29.9. The number of benzene rings is 3. The average Bonchev–Trinajstić information content (AvgIpc) is 2.69. The van der Waals surface area contributed by atoms with Crippen LogP contribution in [0.5, 0.6) is 0 Å². The van der Waals surface area contributed by atoms with Crippen molar-refractivity contribution < 1.29 is 4.74 Å². The van der Waals surface area contributed by atoms with Gasteiger partial charge in [-0.25, -0.2) is 0 Å². The van der Waals surface area contributed by atoms with Gasteiger partial charge in [0.2, 0.25) is 0 Å². The van der Waals surface area contributed by atoms with Crippen molar-refractivity contribution in [2.24, 2.45) is 5.92 Å². The third-order valence-electron chi connectivity index (χ3n) is 5.67. The topological polar surface area (TPSA) is 9.23 Å². The Balaban J connectivity index is 1.76. The van der Waals surface area contributed by atoms with Crippen LogP contribution in [0, 0.1) is 5.92 Å². The summed E-state index contributed by atoms with van der Waals surface area (Å²) in [7, 11) is 1.83. The number of hydrogen-bond donors (Lipinski definition) is 0. The molecule has 26 heavy (non-hydrogen) atoms. The minimum atomic E-state index is -0.387. The minimum absolute atomic E-state index is 0.201. The van der Waals surface area contributed by atoms with Crippen molar-refractivity contribution in [1.82, 2.24) is 0 Å². The fourth-order valence-corrected chi connectivity index (χ4v) is 4.44. The standard InChI is InChI=1S/C25H20O/c1-26-25-17-22(19-12-6-3-7-13-19)24(25)21(18-10-4-2-5-11-18)16-20-14-8-9-15-23(20)25/h2-17,24H,1H3. The van der Waals surface area contributed by atoms with Gasteiger partial charge in [-0.2, -0.15) is 0 Å². The van der Waals surface area contributed by atoms with Crippen molar-refractivity contribution in [3.8, 4) is 0 Å². The lowest BCUT2D eigenvalue weighted by Crippen LogP contribution is -2.46. The summed E-state index contributed by atoms with van der Waals surface area (Å²) in [5, 5.41) is 0. The Morgan fingerprint density at radius 1 is 0.692 bits per heavy atom. The second kappa shape index (κ2) is 5.82. The quantitative estimate of drug-likeness (QED) is 0.588. The molecule has 3 aromatic rings. The molecule has 0 heterocycles. The molecule has 2 aliphatic carbocycles. The number of rotatable bonds is 3. The molecule has 5 rings (SSSR count). The molecular weight excluding hydrogens is 316 g/mol. The van der Waals surface area contributed by atoms with Crippen LogP contribution in [0.1, 0.15) is 22.3 Å². The largest absolute Gasteiger partial charge is 0.368 e. The number of hydrogen-bond acceptors (Lipinski definition) is 1. The molecule has 0 bridgehead atoms. The van der Waals surface area contributed by atoms with Gasteiger partial charge in [-0.05, 0) is 39.5 Å². The maximum atomic E-state index is 6.19. The lowest BCUT2D eigenvalue weighted by atomic mass is 9.58. The van der Waals surface area contributed by atoms with Gasteiger partial charge in [0.05, 0.1) is 0 Å². The molecule has 2 unspecified atom stereocenters. The van der Waals surface area contributed by atoms with E-state index in [2.05, 4.69) is 97.1 Å². The molecule has 0 fully saturated rings. The number of methoxy groups -OCH3 is 1. The molecule has 1 nitrogen and oxygen atoms in total. The Morgan fingerprint density at radius 3 is 1.92 bits per heavy atom. The fraction of sp³-hybridized carbons (Fsp3) is 0.120. The predicted octanol–water partition coefficient (Wildman–Crippen LogP) is 5.80. The molecular formula is C25H20O. The highest BCUT2D eigenvalue weighted by Gasteiger charge is 2.53. The molecule has 0 aromatic heterocycles. The van der Waals surface area contributed by atoms with Gasteiger partial charge in [-0.1, -0.05) is 91.0 Å². The zero-order chi connectivity index (χ0) is 17.6. The van der Waals surface area contributed by atoms with Crippen molar-refractivity contribution in [2.75, 3.05) is 7.11 Å². The molecule has 126 valence electrons. The first-order valence-corrected chi connectivity index (χ1v) is 9.03. The van der Waals surface area contributed by atoms with Gasteiger partial charge in [0.1, 0.15) is 5.60 Å². The Kier molecular flexibility index (Phi) is 3.44. The van der Waals surface area contributed by atoms with E-state index >= 15 is 0 Å². The van der Waals surface area contributed by atoms with Gasteiger partial charge < -0.3 is 4.74 Å². The Morgan fingerprint density at radius 2 is 1.27 bits per heavy atom. The first-order chi connectivity index (χ1) is 12.8. The van der Waals surface area contributed by atoms with Crippen molar-refractivity contribution in [1.29, 1.82) is 0 Å². The number of ether oxygens (including phenoxy) is 1. The van der Waals surface area contributed by atoms with E-state index in [0.717, 1.165) is 0 Å². The first kappa shape index (κ1) is 15.4. The van der Waals surface area contributed by atoms with E-state index in [1.807, 2.05) is 7.11 Å². The molecule has 0 spiro atoms. The van der Waals surface area contributed by atoms with Crippen molar-refractivity contribution in [3.05, 3.63) is 113 Å². The van der Waals surface area contributed by atoms with E-state index in [4.69, 9.17) is 4.74 Å². The van der Waals surface area contributed by atoms with Crippen LogP contribution < -0.4 is 0 Å². The van der Waals surface area contributed by atoms with Crippen LogP contribution in [0.3, 0.4) is 0 Å². The summed E-state index contributed by atoms with van der Waals surface area (Å²) in [6.45, 7) is 0. The van der Waals surface area contributed by atoms with E-state index in [-0.39, 0.29) is 11.5 Å². The van der Waals surface area contributed by atoms with Crippen molar-refractivity contribution in [2.45, 2.75) is 5.60 Å². The minimum Gasteiger partial charge on any atom is -0.368 e. The van der Waals surface area contributed by atoms with Crippen LogP contribution in [0.2, 0.25) is 0 Å². The molecule has 0 aliphatic heterocycles. The third kappa shape index (κ3) is 2.07. The van der Waals surface area contributed by atoms with Crippen LogP contribution in [0.25, 0.3) is 17.2 Å².